The monoisotopic (exact) mass is 337 g/mol. The van der Waals surface area contributed by atoms with Gasteiger partial charge in [0.1, 0.15) is 5.69 Å². The molecular weight excluding hydrogens is 314 g/mol. The number of benzene rings is 1. The minimum atomic E-state index is -0.148. The standard InChI is InChI=1S/C20H23N3O2/c1-3-4-12-22(2)20(25)17-14-16(9-11-21-17)19(24)23-13-10-15-7-5-6-8-18(15)23/h5-9,11,14H,3-4,10,12-13H2,1-2H3. The number of amides is 2. The molecule has 0 saturated heterocycles. The zero-order valence-corrected chi connectivity index (χ0v) is 14.7. The number of rotatable bonds is 5. The lowest BCUT2D eigenvalue weighted by Crippen LogP contribution is -2.31. The summed E-state index contributed by atoms with van der Waals surface area (Å²) in [5.74, 6) is -0.234. The number of aromatic nitrogens is 1. The Morgan fingerprint density at radius 1 is 1.24 bits per heavy atom. The Morgan fingerprint density at radius 3 is 2.84 bits per heavy atom. The van der Waals surface area contributed by atoms with E-state index in [2.05, 4.69) is 11.9 Å². The van der Waals surface area contributed by atoms with Crippen LogP contribution in [0.25, 0.3) is 0 Å². The highest BCUT2D eigenvalue weighted by Gasteiger charge is 2.26. The van der Waals surface area contributed by atoms with E-state index in [4.69, 9.17) is 0 Å². The summed E-state index contributed by atoms with van der Waals surface area (Å²) in [6.07, 6.45) is 4.37. The van der Waals surface area contributed by atoms with Crippen LogP contribution in [0.15, 0.2) is 42.6 Å². The number of fused-ring (bicyclic) bond motifs is 1. The number of nitrogens with zero attached hydrogens (tertiary/aromatic N) is 3. The first-order valence-corrected chi connectivity index (χ1v) is 8.73. The van der Waals surface area contributed by atoms with Crippen LogP contribution in [0.4, 0.5) is 5.69 Å². The van der Waals surface area contributed by atoms with Gasteiger partial charge >= 0.3 is 0 Å². The number of para-hydroxylation sites is 1. The van der Waals surface area contributed by atoms with E-state index in [1.807, 2.05) is 24.3 Å². The van der Waals surface area contributed by atoms with Crippen LogP contribution < -0.4 is 4.90 Å². The van der Waals surface area contributed by atoms with E-state index in [-0.39, 0.29) is 11.8 Å². The van der Waals surface area contributed by atoms with Crippen molar-refractivity contribution in [1.29, 1.82) is 0 Å². The van der Waals surface area contributed by atoms with Crippen molar-refractivity contribution in [3.8, 4) is 0 Å². The molecule has 0 N–H and O–H groups in total. The number of carbonyl (C=O) groups is 2. The summed E-state index contributed by atoms with van der Waals surface area (Å²) in [5.41, 5.74) is 2.95. The van der Waals surface area contributed by atoms with Crippen molar-refractivity contribution in [3.05, 3.63) is 59.4 Å². The molecule has 2 amide bonds. The number of pyridine rings is 1. The molecule has 0 bridgehead atoms. The molecule has 2 heterocycles. The largest absolute Gasteiger partial charge is 0.340 e. The van der Waals surface area contributed by atoms with Gasteiger partial charge in [0.05, 0.1) is 0 Å². The average Bonchev–Trinajstić information content (AvgIpc) is 3.09. The maximum atomic E-state index is 12.9. The smallest absolute Gasteiger partial charge is 0.272 e. The predicted molar refractivity (Wildman–Crippen MR) is 97.9 cm³/mol. The van der Waals surface area contributed by atoms with Crippen LogP contribution >= 0.6 is 0 Å². The molecule has 130 valence electrons. The topological polar surface area (TPSA) is 53.5 Å². The van der Waals surface area contributed by atoms with E-state index in [9.17, 15) is 9.59 Å². The molecule has 25 heavy (non-hydrogen) atoms. The summed E-state index contributed by atoms with van der Waals surface area (Å²) in [6, 6.07) is 11.2. The highest BCUT2D eigenvalue weighted by atomic mass is 16.2. The van der Waals surface area contributed by atoms with Crippen LogP contribution in [0.5, 0.6) is 0 Å². The van der Waals surface area contributed by atoms with Crippen LogP contribution in [-0.4, -0.2) is 41.8 Å². The van der Waals surface area contributed by atoms with E-state index in [0.29, 0.717) is 24.3 Å². The number of hydrogen-bond donors (Lipinski definition) is 0. The van der Waals surface area contributed by atoms with E-state index < -0.39 is 0 Å². The zero-order chi connectivity index (χ0) is 17.8. The fourth-order valence-corrected chi connectivity index (χ4v) is 3.08. The molecule has 0 fully saturated rings. The van der Waals surface area contributed by atoms with Gasteiger partial charge in [0.25, 0.3) is 11.8 Å². The Bertz CT molecular complexity index is 788. The van der Waals surface area contributed by atoms with Crippen LogP contribution in [0.1, 0.15) is 46.2 Å². The maximum Gasteiger partial charge on any atom is 0.272 e. The summed E-state index contributed by atoms with van der Waals surface area (Å²) in [6.45, 7) is 3.44. The van der Waals surface area contributed by atoms with Crippen LogP contribution in [-0.2, 0) is 6.42 Å². The number of carbonyl (C=O) groups excluding carboxylic acids is 2. The van der Waals surface area contributed by atoms with Gasteiger partial charge in [-0.05, 0) is 36.6 Å². The quantitative estimate of drug-likeness (QED) is 0.842. The number of unbranched alkanes of at least 4 members (excludes halogenated alkanes) is 1. The Balaban J connectivity index is 1.80. The van der Waals surface area contributed by atoms with Gasteiger partial charge in [0, 0.05) is 37.6 Å². The molecule has 0 unspecified atom stereocenters. The van der Waals surface area contributed by atoms with Crippen LogP contribution in [0.3, 0.4) is 0 Å². The minimum absolute atomic E-state index is 0.0855. The van der Waals surface area contributed by atoms with Gasteiger partial charge in [-0.1, -0.05) is 31.5 Å². The Morgan fingerprint density at radius 2 is 2.04 bits per heavy atom. The molecule has 0 atom stereocenters. The molecule has 0 spiro atoms. The van der Waals surface area contributed by atoms with Gasteiger partial charge in [-0.15, -0.1) is 0 Å². The third-order valence-corrected chi connectivity index (χ3v) is 4.55. The molecular formula is C20H23N3O2. The Hall–Kier alpha value is -2.69. The lowest BCUT2D eigenvalue weighted by atomic mass is 10.1. The molecule has 1 aromatic carbocycles. The molecule has 0 radical (unpaired) electrons. The highest BCUT2D eigenvalue weighted by molar-refractivity contribution is 6.08. The highest BCUT2D eigenvalue weighted by Crippen LogP contribution is 2.28. The Labute approximate surface area is 148 Å². The van der Waals surface area contributed by atoms with E-state index in [1.54, 1.807) is 29.0 Å². The van der Waals surface area contributed by atoms with E-state index in [0.717, 1.165) is 24.9 Å². The molecule has 1 aromatic heterocycles. The second-order valence-electron chi connectivity index (χ2n) is 6.35. The average molecular weight is 337 g/mol. The molecule has 5 heteroatoms. The number of hydrogen-bond acceptors (Lipinski definition) is 3. The van der Waals surface area contributed by atoms with E-state index in [1.165, 1.54) is 11.8 Å². The molecule has 1 aliphatic rings. The first-order valence-electron chi connectivity index (χ1n) is 8.73. The molecule has 0 aliphatic carbocycles. The second-order valence-corrected chi connectivity index (χ2v) is 6.35. The van der Waals surface area contributed by atoms with Crippen molar-refractivity contribution in [2.75, 3.05) is 25.0 Å². The lowest BCUT2D eigenvalue weighted by Gasteiger charge is -2.19. The summed E-state index contributed by atoms with van der Waals surface area (Å²) < 4.78 is 0. The van der Waals surface area contributed by atoms with Gasteiger partial charge < -0.3 is 9.80 Å². The Kier molecular flexibility index (Phi) is 5.12. The first kappa shape index (κ1) is 17.1. The van der Waals surface area contributed by atoms with Crippen molar-refractivity contribution in [2.45, 2.75) is 26.2 Å². The summed E-state index contributed by atoms with van der Waals surface area (Å²) in [5, 5.41) is 0. The first-order chi connectivity index (χ1) is 12.1. The van der Waals surface area contributed by atoms with Crippen molar-refractivity contribution in [2.24, 2.45) is 0 Å². The summed E-state index contributed by atoms with van der Waals surface area (Å²) in [4.78, 5) is 33.0. The van der Waals surface area contributed by atoms with Gasteiger partial charge in [-0.2, -0.15) is 0 Å². The SMILES string of the molecule is CCCCN(C)C(=O)c1cc(C(=O)N2CCc3ccccc32)ccn1. The van der Waals surface area contributed by atoms with Crippen molar-refractivity contribution in [3.63, 3.8) is 0 Å². The molecule has 5 nitrogen and oxygen atoms in total. The van der Waals surface area contributed by atoms with Gasteiger partial charge in [0.15, 0.2) is 0 Å². The zero-order valence-electron chi connectivity index (χ0n) is 14.7. The summed E-state index contributed by atoms with van der Waals surface area (Å²) in [7, 11) is 1.77. The minimum Gasteiger partial charge on any atom is -0.340 e. The second kappa shape index (κ2) is 7.47. The maximum absolute atomic E-state index is 12.9. The van der Waals surface area contributed by atoms with Gasteiger partial charge in [-0.3, -0.25) is 14.6 Å². The molecule has 1 aliphatic heterocycles. The molecule has 2 aromatic rings. The third-order valence-electron chi connectivity index (χ3n) is 4.55. The fourth-order valence-electron chi connectivity index (χ4n) is 3.08. The van der Waals surface area contributed by atoms with Crippen molar-refractivity contribution in [1.82, 2.24) is 9.88 Å². The van der Waals surface area contributed by atoms with Gasteiger partial charge in [-0.25, -0.2) is 0 Å². The normalized spacial score (nSPS) is 12.8. The van der Waals surface area contributed by atoms with Gasteiger partial charge in [0.2, 0.25) is 0 Å². The summed E-state index contributed by atoms with van der Waals surface area (Å²) >= 11 is 0. The fraction of sp³-hybridized carbons (Fsp3) is 0.350. The molecule has 0 saturated carbocycles. The van der Waals surface area contributed by atoms with Crippen LogP contribution in [0, 0.1) is 0 Å². The number of anilines is 1. The lowest BCUT2D eigenvalue weighted by molar-refractivity contribution is 0.0787. The van der Waals surface area contributed by atoms with E-state index >= 15 is 0 Å². The predicted octanol–water partition coefficient (Wildman–Crippen LogP) is 3.16. The van der Waals surface area contributed by atoms with Crippen molar-refractivity contribution < 1.29 is 9.59 Å². The van der Waals surface area contributed by atoms with Crippen LogP contribution in [0.2, 0.25) is 0 Å². The third kappa shape index (κ3) is 3.55. The van der Waals surface area contributed by atoms with Crippen molar-refractivity contribution >= 4 is 17.5 Å². The molecule has 3 rings (SSSR count).